The predicted octanol–water partition coefficient (Wildman–Crippen LogP) is 19.7. The third kappa shape index (κ3) is 61.2. The summed E-state index contributed by atoms with van der Waals surface area (Å²) in [4.78, 5) is 35.1. The first-order valence-corrected chi connectivity index (χ1v) is 32.2. The molecule has 0 saturated carbocycles. The van der Waals surface area contributed by atoms with Crippen molar-refractivity contribution in [1.82, 2.24) is 0 Å². The topological polar surface area (TPSA) is 134 Å². The lowest BCUT2D eigenvalue weighted by atomic mass is 10.0. The summed E-state index contributed by atoms with van der Waals surface area (Å²) in [6.45, 7) is 3.60. The summed E-state index contributed by atoms with van der Waals surface area (Å²) < 4.78 is 33.0. The molecule has 0 spiro atoms. The molecule has 9 nitrogen and oxygen atoms in total. The van der Waals surface area contributed by atoms with Gasteiger partial charge in [-0.2, -0.15) is 0 Å². The number of ether oxygens (including phenoxy) is 2. The zero-order chi connectivity index (χ0) is 55.9. The normalized spacial score (nSPS) is 14.0. The van der Waals surface area contributed by atoms with E-state index < -0.39 is 32.5 Å². The van der Waals surface area contributed by atoms with E-state index in [1.807, 2.05) is 0 Å². The monoisotopic (exact) mass is 1090 g/mol. The largest absolute Gasteiger partial charge is 0.472 e. The lowest BCUT2D eigenvalue weighted by molar-refractivity contribution is -0.161. The van der Waals surface area contributed by atoms with Gasteiger partial charge >= 0.3 is 19.8 Å². The number of unbranched alkanes of at least 4 members (excludes halogenated alkanes) is 21. The van der Waals surface area contributed by atoms with Gasteiger partial charge < -0.3 is 20.1 Å². The highest BCUT2D eigenvalue weighted by molar-refractivity contribution is 7.47. The van der Waals surface area contributed by atoms with Crippen molar-refractivity contribution in [3.05, 3.63) is 134 Å². The Morgan fingerprint density at radius 1 is 0.403 bits per heavy atom. The average Bonchev–Trinajstić information content (AvgIpc) is 3.42. The van der Waals surface area contributed by atoms with Gasteiger partial charge in [0.05, 0.1) is 13.2 Å². The van der Waals surface area contributed by atoms with E-state index in [0.717, 1.165) is 128 Å². The van der Waals surface area contributed by atoms with Gasteiger partial charge in [-0.15, -0.1) is 0 Å². The van der Waals surface area contributed by atoms with Gasteiger partial charge in [-0.25, -0.2) is 4.57 Å². The smallest absolute Gasteiger partial charge is 0.462 e. The Morgan fingerprint density at radius 2 is 0.714 bits per heavy atom. The van der Waals surface area contributed by atoms with Gasteiger partial charge in [0, 0.05) is 19.4 Å². The molecule has 0 aliphatic carbocycles. The van der Waals surface area contributed by atoms with Crippen molar-refractivity contribution in [3.63, 3.8) is 0 Å². The molecule has 0 aromatic carbocycles. The molecule has 10 heteroatoms. The van der Waals surface area contributed by atoms with E-state index in [1.165, 1.54) is 83.5 Å². The first kappa shape index (κ1) is 73.2. The molecule has 0 aliphatic heterocycles. The van der Waals surface area contributed by atoms with Gasteiger partial charge in [0.25, 0.3) is 0 Å². The van der Waals surface area contributed by atoms with Crippen LogP contribution in [0.3, 0.4) is 0 Å². The first-order chi connectivity index (χ1) is 37.8. The van der Waals surface area contributed by atoms with Crippen LogP contribution in [-0.2, 0) is 32.7 Å². The molecule has 2 unspecified atom stereocenters. The molecular weight excluding hydrogens is 978 g/mol. The van der Waals surface area contributed by atoms with Gasteiger partial charge in [-0.05, 0) is 116 Å². The lowest BCUT2D eigenvalue weighted by Gasteiger charge is -2.19. The van der Waals surface area contributed by atoms with Crippen LogP contribution in [0, 0.1) is 0 Å². The van der Waals surface area contributed by atoms with Crippen LogP contribution in [0.5, 0.6) is 0 Å². The standard InChI is InChI=1S/C67H112NO8P/c1-3-5-7-9-11-13-15-17-19-20-21-22-23-24-25-26-27-28-29-30-31-32-33-34-35-36-37-38-39-40-41-42-43-44-46-48-50-52-54-56-58-60-67(70)76-65(64-75-77(71,72)74-62-61-68)63-73-66(69)59-57-55-53-51-49-47-45-18-16-14-12-10-8-6-4-2/h5,7,11,13,17-19,21-22,24-25,27-28,30-31,33-34,36-37,39-40,45,65H,3-4,6,8-10,12,14-16,20,23,26,29,32,35,38,41-44,46-64,68H2,1-2H3,(H,71,72)/b7-5-,13-11-,19-17-,22-21-,25-24-,28-27-,31-30-,34-33-,37-36-,40-39-,45-18-. The summed E-state index contributed by atoms with van der Waals surface area (Å²) in [5, 5.41) is 0. The number of hydrogen-bond donors (Lipinski definition) is 2. The maximum absolute atomic E-state index is 12.7. The van der Waals surface area contributed by atoms with Crippen molar-refractivity contribution >= 4 is 19.8 Å². The molecule has 0 rings (SSSR count). The van der Waals surface area contributed by atoms with Gasteiger partial charge in [0.1, 0.15) is 6.61 Å². The van der Waals surface area contributed by atoms with Crippen LogP contribution in [0.15, 0.2) is 134 Å². The zero-order valence-electron chi connectivity index (χ0n) is 48.9. The van der Waals surface area contributed by atoms with Crippen molar-refractivity contribution < 1.29 is 37.6 Å². The fourth-order valence-electron chi connectivity index (χ4n) is 8.01. The Bertz CT molecular complexity index is 1720. The second kappa shape index (κ2) is 61.4. The van der Waals surface area contributed by atoms with Crippen LogP contribution < -0.4 is 5.73 Å². The number of hydrogen-bond acceptors (Lipinski definition) is 8. The van der Waals surface area contributed by atoms with Crippen LogP contribution in [0.25, 0.3) is 0 Å². The van der Waals surface area contributed by atoms with Gasteiger partial charge in [0.2, 0.25) is 0 Å². The van der Waals surface area contributed by atoms with E-state index in [9.17, 15) is 19.0 Å². The summed E-state index contributed by atoms with van der Waals surface area (Å²) in [6.07, 6.45) is 86.6. The molecule has 3 N–H and O–H groups in total. The second-order valence-electron chi connectivity index (χ2n) is 19.8. The number of phosphoric ester groups is 1. The van der Waals surface area contributed by atoms with Crippen molar-refractivity contribution in [2.45, 2.75) is 251 Å². The molecule has 0 aromatic rings. The summed E-state index contributed by atoms with van der Waals surface area (Å²) >= 11 is 0. The summed E-state index contributed by atoms with van der Waals surface area (Å²) in [6, 6.07) is 0. The Labute approximate surface area is 472 Å². The highest BCUT2D eigenvalue weighted by atomic mass is 31.2. The lowest BCUT2D eigenvalue weighted by Crippen LogP contribution is -2.29. The highest BCUT2D eigenvalue weighted by Crippen LogP contribution is 2.43. The molecule has 0 aromatic heterocycles. The Balaban J connectivity index is 3.95. The van der Waals surface area contributed by atoms with E-state index in [-0.39, 0.29) is 32.6 Å². The molecule has 77 heavy (non-hydrogen) atoms. The number of carbonyl (C=O) groups is 2. The fraction of sp³-hybridized carbons (Fsp3) is 0.642. The fourth-order valence-corrected chi connectivity index (χ4v) is 8.78. The number of phosphoric acid groups is 1. The van der Waals surface area contributed by atoms with Crippen LogP contribution in [0.4, 0.5) is 0 Å². The first-order valence-electron chi connectivity index (χ1n) is 30.7. The van der Waals surface area contributed by atoms with Gasteiger partial charge in [-0.3, -0.25) is 18.6 Å². The Kier molecular flexibility index (Phi) is 58.3. The molecule has 0 fully saturated rings. The zero-order valence-corrected chi connectivity index (χ0v) is 49.8. The number of nitrogens with two attached hydrogens (primary N) is 1. The molecule has 0 amide bonds. The Hall–Kier alpha value is -3.85. The summed E-state index contributed by atoms with van der Waals surface area (Å²) in [5.41, 5.74) is 5.38. The second-order valence-corrected chi connectivity index (χ2v) is 21.3. The van der Waals surface area contributed by atoms with E-state index in [0.29, 0.717) is 6.42 Å². The van der Waals surface area contributed by atoms with Crippen molar-refractivity contribution in [3.8, 4) is 0 Å². The number of esters is 2. The summed E-state index contributed by atoms with van der Waals surface area (Å²) in [7, 11) is -4.40. The molecule has 0 aliphatic rings. The van der Waals surface area contributed by atoms with Crippen molar-refractivity contribution in [1.29, 1.82) is 0 Å². The van der Waals surface area contributed by atoms with Crippen LogP contribution >= 0.6 is 7.82 Å². The number of carbonyl (C=O) groups excluding carboxylic acids is 2. The predicted molar refractivity (Wildman–Crippen MR) is 330 cm³/mol. The molecule has 0 saturated heterocycles. The van der Waals surface area contributed by atoms with E-state index >= 15 is 0 Å². The minimum atomic E-state index is -4.40. The van der Waals surface area contributed by atoms with E-state index in [4.69, 9.17) is 24.3 Å². The SMILES string of the molecule is CC/C=C\C/C=C\C/C=C\C/C=C\C/C=C\C/C=C\C/C=C\C/C=C\C/C=C\C/C=C\CCCCCCCCCCCCC(=O)OC(COC(=O)CCCCCCC/C=C\CCCCCCCC)COP(=O)(O)OCCN. The van der Waals surface area contributed by atoms with Crippen LogP contribution in [0.1, 0.15) is 245 Å². The Morgan fingerprint density at radius 3 is 1.08 bits per heavy atom. The van der Waals surface area contributed by atoms with Crippen molar-refractivity contribution in [2.75, 3.05) is 26.4 Å². The molecule has 0 bridgehead atoms. The van der Waals surface area contributed by atoms with Crippen molar-refractivity contribution in [2.24, 2.45) is 5.73 Å². The van der Waals surface area contributed by atoms with Gasteiger partial charge in [-0.1, -0.05) is 250 Å². The number of allylic oxidation sites excluding steroid dienone is 22. The third-order valence-electron chi connectivity index (χ3n) is 12.5. The quantitative estimate of drug-likeness (QED) is 0.0264. The van der Waals surface area contributed by atoms with E-state index in [2.05, 4.69) is 148 Å². The van der Waals surface area contributed by atoms with Gasteiger partial charge in [0.15, 0.2) is 6.10 Å². The third-order valence-corrected chi connectivity index (χ3v) is 13.5. The minimum Gasteiger partial charge on any atom is -0.462 e. The molecule has 438 valence electrons. The number of rotatable bonds is 56. The van der Waals surface area contributed by atoms with E-state index in [1.54, 1.807) is 0 Å². The van der Waals surface area contributed by atoms with Crippen LogP contribution in [-0.4, -0.2) is 49.3 Å². The molecule has 0 heterocycles. The van der Waals surface area contributed by atoms with Crippen LogP contribution in [0.2, 0.25) is 0 Å². The minimum absolute atomic E-state index is 0.0463. The summed E-state index contributed by atoms with van der Waals surface area (Å²) in [5.74, 6) is -0.847. The maximum atomic E-state index is 12.7. The molecular formula is C67H112NO8P. The maximum Gasteiger partial charge on any atom is 0.472 e. The average molecular weight is 1090 g/mol. The molecule has 0 radical (unpaired) electrons. The molecule has 2 atom stereocenters. The highest BCUT2D eigenvalue weighted by Gasteiger charge is 2.26.